The summed E-state index contributed by atoms with van der Waals surface area (Å²) >= 11 is 0. The number of hydrogen-bond acceptors (Lipinski definition) is 4. The van der Waals surface area contributed by atoms with E-state index in [0.717, 1.165) is 42.9 Å². The number of carbonyl (C=O) groups excluding carboxylic acids is 1. The Balaban J connectivity index is 1.69. The monoisotopic (exact) mass is 366 g/mol. The highest BCUT2D eigenvalue weighted by atomic mass is 16.2. The molecule has 1 N–H and O–H groups in total. The van der Waals surface area contributed by atoms with Crippen molar-refractivity contribution in [3.63, 3.8) is 0 Å². The Morgan fingerprint density at radius 1 is 1.22 bits per heavy atom. The number of nitrogens with one attached hydrogen (secondary N) is 1. The van der Waals surface area contributed by atoms with Crippen molar-refractivity contribution >= 4 is 11.7 Å². The van der Waals surface area contributed by atoms with E-state index in [4.69, 9.17) is 0 Å². The molecule has 2 heterocycles. The molecule has 144 valence electrons. The average Bonchev–Trinajstić information content (AvgIpc) is 2.70. The number of carbonyl (C=O) groups is 1. The molecule has 2 atom stereocenters. The van der Waals surface area contributed by atoms with Crippen LogP contribution in [0.4, 0.5) is 5.82 Å². The molecule has 5 heteroatoms. The lowest BCUT2D eigenvalue weighted by molar-refractivity contribution is -0.125. The van der Waals surface area contributed by atoms with Crippen LogP contribution in [0.3, 0.4) is 0 Å². The summed E-state index contributed by atoms with van der Waals surface area (Å²) in [7, 11) is 0. The fourth-order valence-electron chi connectivity index (χ4n) is 3.41. The van der Waals surface area contributed by atoms with Gasteiger partial charge in [-0.3, -0.25) is 4.79 Å². The van der Waals surface area contributed by atoms with E-state index in [1.165, 1.54) is 11.1 Å². The molecule has 27 heavy (non-hydrogen) atoms. The number of amides is 1. The van der Waals surface area contributed by atoms with Crippen molar-refractivity contribution in [2.45, 2.75) is 53.0 Å². The van der Waals surface area contributed by atoms with Crippen LogP contribution in [0.2, 0.25) is 0 Å². The van der Waals surface area contributed by atoms with Gasteiger partial charge in [-0.1, -0.05) is 19.1 Å². The fourth-order valence-corrected chi connectivity index (χ4v) is 3.41. The second-order valence-corrected chi connectivity index (χ2v) is 7.68. The quantitative estimate of drug-likeness (QED) is 0.872. The largest absolute Gasteiger partial charge is 0.354 e. The van der Waals surface area contributed by atoms with Gasteiger partial charge in [-0.2, -0.15) is 0 Å². The molecular formula is C22H30N4O. The van der Waals surface area contributed by atoms with E-state index in [9.17, 15) is 4.79 Å². The normalized spacial score (nSPS) is 18.2. The first-order valence-electron chi connectivity index (χ1n) is 9.94. The van der Waals surface area contributed by atoms with Gasteiger partial charge >= 0.3 is 0 Å². The van der Waals surface area contributed by atoms with E-state index in [-0.39, 0.29) is 17.9 Å². The van der Waals surface area contributed by atoms with Crippen molar-refractivity contribution in [3.05, 3.63) is 41.5 Å². The zero-order valence-corrected chi connectivity index (χ0v) is 16.8. The number of anilines is 1. The van der Waals surface area contributed by atoms with E-state index < -0.39 is 0 Å². The smallest absolute Gasteiger partial charge is 0.225 e. The summed E-state index contributed by atoms with van der Waals surface area (Å²) in [6.45, 7) is 9.99. The minimum Gasteiger partial charge on any atom is -0.354 e. The molecule has 1 saturated heterocycles. The Kier molecular flexibility index (Phi) is 6.09. The van der Waals surface area contributed by atoms with Gasteiger partial charge in [0.15, 0.2) is 5.82 Å². The molecule has 0 saturated carbocycles. The Hall–Kier alpha value is -2.43. The molecule has 1 aromatic carbocycles. The molecule has 2 aromatic rings. The van der Waals surface area contributed by atoms with Crippen LogP contribution in [0.1, 0.15) is 44.2 Å². The maximum atomic E-state index is 12.5. The molecule has 1 amide bonds. The van der Waals surface area contributed by atoms with Gasteiger partial charge in [-0.25, -0.2) is 0 Å². The summed E-state index contributed by atoms with van der Waals surface area (Å²) in [5, 5.41) is 12.0. The van der Waals surface area contributed by atoms with Crippen molar-refractivity contribution in [1.82, 2.24) is 15.5 Å². The summed E-state index contributed by atoms with van der Waals surface area (Å²) < 4.78 is 0. The number of rotatable bonds is 5. The highest BCUT2D eigenvalue weighted by molar-refractivity contribution is 5.79. The molecule has 0 spiro atoms. The van der Waals surface area contributed by atoms with Crippen LogP contribution in [0.15, 0.2) is 30.3 Å². The van der Waals surface area contributed by atoms with Crippen LogP contribution in [-0.4, -0.2) is 35.2 Å². The van der Waals surface area contributed by atoms with Gasteiger partial charge in [-0.15, -0.1) is 10.2 Å². The van der Waals surface area contributed by atoms with Gasteiger partial charge in [0.1, 0.15) is 0 Å². The van der Waals surface area contributed by atoms with Crippen molar-refractivity contribution in [1.29, 1.82) is 0 Å². The molecular weight excluding hydrogens is 336 g/mol. The zero-order valence-electron chi connectivity index (χ0n) is 16.8. The van der Waals surface area contributed by atoms with Crippen molar-refractivity contribution in [2.24, 2.45) is 5.92 Å². The molecule has 3 rings (SSSR count). The second-order valence-electron chi connectivity index (χ2n) is 7.68. The first-order chi connectivity index (χ1) is 13.0. The Morgan fingerprint density at radius 2 is 2.04 bits per heavy atom. The fraction of sp³-hybridized carbons (Fsp3) is 0.500. The van der Waals surface area contributed by atoms with Gasteiger partial charge in [0, 0.05) is 24.7 Å². The summed E-state index contributed by atoms with van der Waals surface area (Å²) in [5.74, 6) is 1.03. The number of benzene rings is 1. The predicted octanol–water partition coefficient (Wildman–Crippen LogP) is 3.89. The third-order valence-corrected chi connectivity index (χ3v) is 5.57. The lowest BCUT2D eigenvalue weighted by atomic mass is 9.96. The number of aromatic nitrogens is 2. The summed E-state index contributed by atoms with van der Waals surface area (Å²) in [6, 6.07) is 10.6. The van der Waals surface area contributed by atoms with Crippen LogP contribution in [0.5, 0.6) is 0 Å². The topological polar surface area (TPSA) is 58.1 Å². The van der Waals surface area contributed by atoms with Crippen molar-refractivity contribution in [3.8, 4) is 11.3 Å². The van der Waals surface area contributed by atoms with Crippen LogP contribution in [0, 0.1) is 19.8 Å². The van der Waals surface area contributed by atoms with Crippen LogP contribution < -0.4 is 10.2 Å². The summed E-state index contributed by atoms with van der Waals surface area (Å²) in [6.07, 6.45) is 2.89. The minimum absolute atomic E-state index is 0.0222. The van der Waals surface area contributed by atoms with Gasteiger partial charge in [0.25, 0.3) is 0 Å². The van der Waals surface area contributed by atoms with Crippen LogP contribution in [-0.2, 0) is 4.79 Å². The summed E-state index contributed by atoms with van der Waals surface area (Å²) in [5.41, 5.74) is 4.49. The van der Waals surface area contributed by atoms with E-state index in [2.05, 4.69) is 66.3 Å². The lowest BCUT2D eigenvalue weighted by Crippen LogP contribution is -2.45. The van der Waals surface area contributed by atoms with E-state index in [1.807, 2.05) is 12.1 Å². The number of hydrogen-bond donors (Lipinski definition) is 1. The van der Waals surface area contributed by atoms with Gasteiger partial charge in [0.05, 0.1) is 11.6 Å². The predicted molar refractivity (Wildman–Crippen MR) is 110 cm³/mol. The Labute approximate surface area is 162 Å². The molecule has 1 aromatic heterocycles. The van der Waals surface area contributed by atoms with Crippen LogP contribution in [0.25, 0.3) is 11.3 Å². The van der Waals surface area contributed by atoms with Gasteiger partial charge < -0.3 is 10.2 Å². The third kappa shape index (κ3) is 4.65. The molecule has 0 aliphatic carbocycles. The summed E-state index contributed by atoms with van der Waals surface area (Å²) in [4.78, 5) is 14.7. The molecule has 0 bridgehead atoms. The molecule has 5 nitrogen and oxygen atoms in total. The van der Waals surface area contributed by atoms with Crippen molar-refractivity contribution in [2.75, 3.05) is 18.0 Å². The van der Waals surface area contributed by atoms with E-state index in [0.29, 0.717) is 6.54 Å². The van der Waals surface area contributed by atoms with Gasteiger partial charge in [0.2, 0.25) is 5.91 Å². The first-order valence-corrected chi connectivity index (χ1v) is 9.94. The van der Waals surface area contributed by atoms with Crippen LogP contribution >= 0.6 is 0 Å². The maximum absolute atomic E-state index is 12.5. The Bertz CT molecular complexity index is 787. The number of aryl methyl sites for hydroxylation is 2. The minimum atomic E-state index is 0.0222. The Morgan fingerprint density at radius 3 is 2.70 bits per heavy atom. The zero-order chi connectivity index (χ0) is 19.4. The first kappa shape index (κ1) is 19.3. The van der Waals surface area contributed by atoms with Crippen molar-refractivity contribution < 1.29 is 4.79 Å². The highest BCUT2D eigenvalue weighted by Gasteiger charge is 2.27. The maximum Gasteiger partial charge on any atom is 0.225 e. The molecule has 1 aliphatic rings. The lowest BCUT2D eigenvalue weighted by Gasteiger charge is -2.33. The van der Waals surface area contributed by atoms with E-state index in [1.54, 1.807) is 0 Å². The van der Waals surface area contributed by atoms with Gasteiger partial charge in [-0.05, 0) is 69.4 Å². The highest BCUT2D eigenvalue weighted by Crippen LogP contribution is 2.24. The number of piperidine rings is 1. The van der Waals surface area contributed by atoms with E-state index >= 15 is 0 Å². The molecule has 1 aliphatic heterocycles. The second kappa shape index (κ2) is 8.51. The third-order valence-electron chi connectivity index (χ3n) is 5.57. The average molecular weight is 367 g/mol. The number of nitrogens with zero attached hydrogens (tertiary/aromatic N) is 3. The molecule has 1 fully saturated rings. The standard InChI is InChI=1S/C22H30N4O/c1-5-17(4)23-22(27)19-7-6-12-26(14-19)21-11-10-20(24-25-21)18-9-8-15(2)16(3)13-18/h8-11,13,17,19H,5-7,12,14H2,1-4H3,(H,23,27)/t17-,19-/m0/s1. The molecule has 0 radical (unpaired) electrons. The SMILES string of the molecule is CC[C@H](C)NC(=O)[C@H]1CCCN(c2ccc(-c3ccc(C)c(C)c3)nn2)C1. The molecule has 0 unspecified atom stereocenters.